The number of rotatable bonds is 10. The molecule has 5 rings (SSSR count). The fourth-order valence-electron chi connectivity index (χ4n) is 4.71. The second-order valence-electron chi connectivity index (χ2n) is 10.3. The Morgan fingerprint density at radius 2 is 1.89 bits per heavy atom. The zero-order valence-corrected chi connectivity index (χ0v) is 25.1. The number of hydrogen-bond donors (Lipinski definition) is 3. The summed E-state index contributed by atoms with van der Waals surface area (Å²) in [7, 11) is 1.36. The molecule has 0 saturated heterocycles. The minimum atomic E-state index is -5.47. The summed E-state index contributed by atoms with van der Waals surface area (Å²) < 4.78 is 71.0. The van der Waals surface area contributed by atoms with Crippen molar-refractivity contribution in [3.8, 4) is 22.8 Å². The van der Waals surface area contributed by atoms with Crippen LogP contribution < -0.4 is 20.5 Å². The van der Waals surface area contributed by atoms with E-state index in [0.29, 0.717) is 17.0 Å². The number of carbonyl (C=O) groups excluding carboxylic acids is 2. The molecule has 1 aliphatic carbocycles. The van der Waals surface area contributed by atoms with E-state index in [1.54, 1.807) is 10.9 Å². The van der Waals surface area contributed by atoms with Crippen molar-refractivity contribution in [3.05, 3.63) is 69.2 Å². The predicted molar refractivity (Wildman–Crippen MR) is 156 cm³/mol. The van der Waals surface area contributed by atoms with Crippen molar-refractivity contribution in [2.75, 3.05) is 20.3 Å². The highest BCUT2D eigenvalue weighted by Crippen LogP contribution is 2.44. The third kappa shape index (κ3) is 6.09. The number of nitrogens with two attached hydrogens (primary N) is 1. The van der Waals surface area contributed by atoms with E-state index in [1.807, 2.05) is 0 Å². The van der Waals surface area contributed by atoms with Gasteiger partial charge >= 0.3 is 6.18 Å². The number of carbonyl (C=O) groups is 2. The van der Waals surface area contributed by atoms with Crippen LogP contribution in [-0.2, 0) is 5.60 Å². The van der Waals surface area contributed by atoms with Gasteiger partial charge in [0, 0.05) is 27.7 Å². The largest absolute Gasteiger partial charge is 0.494 e. The lowest BCUT2D eigenvalue weighted by molar-refractivity contribution is -0.265. The summed E-state index contributed by atoms with van der Waals surface area (Å²) in [5.41, 5.74) is -0.680. The number of benzene rings is 2. The monoisotopic (exact) mass is 669 g/mol. The number of nitrogens with zero attached hydrogens (tertiary/aromatic N) is 3. The number of fused-ring (bicyclic) bond motifs is 1. The molecule has 1 fully saturated rings. The van der Waals surface area contributed by atoms with Gasteiger partial charge in [-0.3, -0.25) is 14.3 Å². The van der Waals surface area contributed by atoms with E-state index in [2.05, 4.69) is 15.4 Å². The van der Waals surface area contributed by atoms with Crippen molar-refractivity contribution in [1.82, 2.24) is 20.1 Å². The molecule has 0 bridgehead atoms. The topological polar surface area (TPSA) is 142 Å². The number of alkyl halides is 3. The van der Waals surface area contributed by atoms with Crippen LogP contribution in [-0.4, -0.2) is 58.1 Å². The van der Waals surface area contributed by atoms with E-state index < -0.39 is 63.7 Å². The number of aromatic nitrogens is 3. The molecule has 2 heterocycles. The van der Waals surface area contributed by atoms with Crippen molar-refractivity contribution in [2.24, 2.45) is 5.73 Å². The molecule has 0 unspecified atom stereocenters. The van der Waals surface area contributed by atoms with Gasteiger partial charge in [-0.05, 0) is 50.1 Å². The van der Waals surface area contributed by atoms with E-state index in [0.717, 1.165) is 25.0 Å². The highest BCUT2D eigenvalue weighted by molar-refractivity contribution is 6.35. The Labute approximate surface area is 263 Å². The molecule has 0 radical (unpaired) electrons. The van der Waals surface area contributed by atoms with Gasteiger partial charge in [0.15, 0.2) is 5.75 Å². The molecule has 10 nitrogen and oxygen atoms in total. The number of aliphatic hydroxyl groups is 1. The number of primary amides is 1. The lowest BCUT2D eigenvalue weighted by Crippen LogP contribution is -2.51. The summed E-state index contributed by atoms with van der Waals surface area (Å²) in [6.45, 7) is -0.0529. The van der Waals surface area contributed by atoms with Gasteiger partial charge in [-0.15, -0.1) is 0 Å². The molecule has 0 spiro atoms. The van der Waals surface area contributed by atoms with E-state index in [-0.39, 0.29) is 34.5 Å². The molecule has 2 aromatic heterocycles. The van der Waals surface area contributed by atoms with Crippen LogP contribution in [0.4, 0.5) is 17.6 Å². The first-order valence-electron chi connectivity index (χ1n) is 13.5. The molecule has 0 aliphatic heterocycles. The molecule has 4 aromatic rings. The summed E-state index contributed by atoms with van der Waals surface area (Å²) in [6.07, 6.45) is -1.88. The van der Waals surface area contributed by atoms with Gasteiger partial charge < -0.3 is 25.6 Å². The summed E-state index contributed by atoms with van der Waals surface area (Å²) in [4.78, 5) is 29.5. The van der Waals surface area contributed by atoms with Crippen LogP contribution in [0.2, 0.25) is 10.0 Å². The minimum absolute atomic E-state index is 0.0708. The SMILES string of the molecule is CCOc1c(C(N)=O)cc([C@@](O)(CNC(=O)c2cc(OC)c3nn(C4CC4)cc3c2)C(F)(F)F)nc1-c1cc(Cl)cc(F)c1Cl. The van der Waals surface area contributed by atoms with Crippen LogP contribution in [0.25, 0.3) is 22.2 Å². The van der Waals surface area contributed by atoms with Crippen molar-refractivity contribution < 1.29 is 41.7 Å². The number of amides is 2. The highest BCUT2D eigenvalue weighted by atomic mass is 35.5. The maximum atomic E-state index is 14.7. The Hall–Kier alpha value is -4.14. The summed E-state index contributed by atoms with van der Waals surface area (Å²) in [5.74, 6) is -3.47. The van der Waals surface area contributed by atoms with Crippen LogP contribution in [0.1, 0.15) is 52.2 Å². The van der Waals surface area contributed by atoms with E-state index in [1.165, 1.54) is 26.2 Å². The van der Waals surface area contributed by atoms with Crippen molar-refractivity contribution in [2.45, 2.75) is 37.6 Å². The fourth-order valence-corrected chi connectivity index (χ4v) is 5.11. The number of halogens is 6. The summed E-state index contributed by atoms with van der Waals surface area (Å²) in [6, 6.07) is 5.50. The number of ether oxygens (including phenoxy) is 2. The average Bonchev–Trinajstić information content (AvgIpc) is 3.74. The van der Waals surface area contributed by atoms with Gasteiger partial charge in [-0.25, -0.2) is 9.37 Å². The van der Waals surface area contributed by atoms with Crippen LogP contribution in [0.15, 0.2) is 36.5 Å². The third-order valence-corrected chi connectivity index (χ3v) is 7.77. The molecular weight excluding hydrogens is 645 g/mol. The van der Waals surface area contributed by atoms with Gasteiger partial charge in [0.25, 0.3) is 11.8 Å². The standard InChI is InChI=1S/C29H25Cl2F4N5O5/c1-3-45-25-18(26(36)41)10-21(38-24(25)17-8-15(30)9-19(32)22(17)31)28(43,29(33,34)35)12-37-27(42)13-6-14-11-40(16-4-5-16)39-23(14)20(7-13)44-2/h6-11,16,43H,3-5,12H2,1-2H3,(H2,36,41)(H,37,42)/t28-/m0/s1. The minimum Gasteiger partial charge on any atom is -0.494 e. The van der Waals surface area contributed by atoms with Crippen molar-refractivity contribution in [1.29, 1.82) is 0 Å². The Morgan fingerprint density at radius 1 is 1.18 bits per heavy atom. The Kier molecular flexibility index (Phi) is 8.59. The predicted octanol–water partition coefficient (Wildman–Crippen LogP) is 5.57. The van der Waals surface area contributed by atoms with E-state index in [4.69, 9.17) is 38.4 Å². The van der Waals surface area contributed by atoms with Gasteiger partial charge in [0.05, 0.1) is 42.6 Å². The first-order valence-corrected chi connectivity index (χ1v) is 14.2. The summed E-state index contributed by atoms with van der Waals surface area (Å²) in [5, 5.41) is 17.5. The molecule has 4 N–H and O–H groups in total. The first kappa shape index (κ1) is 32.3. The normalized spacial score (nSPS) is 14.7. The third-order valence-electron chi connectivity index (χ3n) is 7.17. The number of hydrogen-bond acceptors (Lipinski definition) is 7. The second-order valence-corrected chi connectivity index (χ2v) is 11.1. The lowest BCUT2D eigenvalue weighted by Gasteiger charge is -2.31. The van der Waals surface area contributed by atoms with Gasteiger partial charge in [0.2, 0.25) is 5.60 Å². The van der Waals surface area contributed by atoms with Crippen LogP contribution in [0, 0.1) is 5.82 Å². The highest BCUT2D eigenvalue weighted by Gasteiger charge is 2.57. The fraction of sp³-hybridized carbons (Fsp3) is 0.310. The maximum absolute atomic E-state index is 14.7. The van der Waals surface area contributed by atoms with Crippen LogP contribution in [0.3, 0.4) is 0 Å². The molecule has 45 heavy (non-hydrogen) atoms. The Morgan fingerprint density at radius 3 is 2.49 bits per heavy atom. The van der Waals surface area contributed by atoms with Crippen molar-refractivity contribution in [3.63, 3.8) is 0 Å². The van der Waals surface area contributed by atoms with Gasteiger partial charge in [-0.1, -0.05) is 23.2 Å². The molecule has 2 amide bonds. The Bertz CT molecular complexity index is 1830. The van der Waals surface area contributed by atoms with Gasteiger partial charge in [0.1, 0.15) is 22.8 Å². The number of nitrogens with one attached hydrogen (secondary N) is 1. The molecule has 1 aliphatic rings. The smallest absolute Gasteiger partial charge is 0.424 e. The van der Waals surface area contributed by atoms with Crippen molar-refractivity contribution >= 4 is 45.9 Å². The van der Waals surface area contributed by atoms with E-state index in [9.17, 15) is 32.3 Å². The lowest BCUT2D eigenvalue weighted by atomic mass is 9.94. The average molecular weight is 670 g/mol. The zero-order chi connectivity index (χ0) is 32.8. The molecular formula is C29H25Cl2F4N5O5. The molecule has 1 saturated carbocycles. The molecule has 1 atom stereocenters. The molecule has 2 aromatic carbocycles. The molecule has 238 valence electrons. The number of pyridine rings is 1. The summed E-state index contributed by atoms with van der Waals surface area (Å²) >= 11 is 12.1. The van der Waals surface area contributed by atoms with Crippen LogP contribution in [0.5, 0.6) is 11.5 Å². The van der Waals surface area contributed by atoms with Crippen LogP contribution >= 0.6 is 23.2 Å². The van der Waals surface area contributed by atoms with E-state index >= 15 is 0 Å². The van der Waals surface area contributed by atoms with Gasteiger partial charge in [-0.2, -0.15) is 18.3 Å². The quantitative estimate of drug-likeness (QED) is 0.148. The number of methoxy groups -OCH3 is 1. The maximum Gasteiger partial charge on any atom is 0.424 e. The first-order chi connectivity index (χ1) is 21.2. The Balaban J connectivity index is 1.58. The molecule has 16 heteroatoms. The zero-order valence-electron chi connectivity index (χ0n) is 23.6. The second kappa shape index (κ2) is 12.0.